The summed E-state index contributed by atoms with van der Waals surface area (Å²) in [5.74, 6) is -1.48. The van der Waals surface area contributed by atoms with Crippen molar-refractivity contribution in [2.45, 2.75) is 61.6 Å². The average molecular weight is 540 g/mol. The minimum Gasteiger partial charge on any atom is -0.395 e. The molecule has 3 amide bonds. The molecule has 3 saturated heterocycles. The number of fused-ring (bicyclic) bond motifs is 1. The topological polar surface area (TPSA) is 81.2 Å². The second-order valence-corrected chi connectivity index (χ2v) is 12.8. The predicted molar refractivity (Wildman–Crippen MR) is 151 cm³/mol. The third kappa shape index (κ3) is 4.81. The number of carbonyl (C=O) groups excluding carboxylic acids is 3. The molecule has 0 radical (unpaired) electrons. The van der Waals surface area contributed by atoms with Crippen LogP contribution in [-0.4, -0.2) is 85.8 Å². The van der Waals surface area contributed by atoms with Crippen LogP contribution in [0.15, 0.2) is 55.6 Å². The van der Waals surface area contributed by atoms with Gasteiger partial charge >= 0.3 is 0 Å². The lowest BCUT2D eigenvalue weighted by molar-refractivity contribution is -0.146. The number of hydrogen-bond acceptors (Lipinski definition) is 5. The second kappa shape index (κ2) is 11.7. The number of aliphatic hydroxyl groups excluding tert-OH is 1. The number of likely N-dealkylation sites (tertiary alicyclic amines) is 1. The van der Waals surface area contributed by atoms with Crippen molar-refractivity contribution in [3.8, 4) is 0 Å². The molecule has 3 fully saturated rings. The van der Waals surface area contributed by atoms with Gasteiger partial charge in [0.2, 0.25) is 17.7 Å². The van der Waals surface area contributed by atoms with Crippen LogP contribution in [0.3, 0.4) is 0 Å². The van der Waals surface area contributed by atoms with Crippen LogP contribution < -0.4 is 0 Å². The van der Waals surface area contributed by atoms with Gasteiger partial charge in [-0.25, -0.2) is 0 Å². The zero-order valence-electron chi connectivity index (χ0n) is 22.7. The van der Waals surface area contributed by atoms with E-state index < -0.39 is 27.4 Å². The molecule has 3 aliphatic rings. The molecular weight excluding hydrogens is 498 g/mol. The number of thioether (sulfide) groups is 1. The molecule has 4 rings (SSSR count). The van der Waals surface area contributed by atoms with Crippen molar-refractivity contribution in [1.29, 1.82) is 0 Å². The van der Waals surface area contributed by atoms with Gasteiger partial charge in [0, 0.05) is 37.5 Å². The molecule has 1 aromatic rings. The summed E-state index contributed by atoms with van der Waals surface area (Å²) < 4.78 is -1.12. The molecule has 38 heavy (non-hydrogen) atoms. The quantitative estimate of drug-likeness (QED) is 0.388. The van der Waals surface area contributed by atoms with Crippen molar-refractivity contribution < 1.29 is 19.5 Å². The van der Waals surface area contributed by atoms with E-state index in [-0.39, 0.29) is 30.9 Å². The third-order valence-corrected chi connectivity index (χ3v) is 10.4. The minimum absolute atomic E-state index is 0.0605. The number of benzene rings is 1. The Kier molecular flexibility index (Phi) is 8.72. The first kappa shape index (κ1) is 28.4. The lowest BCUT2D eigenvalue weighted by Gasteiger charge is -2.38. The first-order valence-electron chi connectivity index (χ1n) is 13.7. The van der Waals surface area contributed by atoms with Crippen molar-refractivity contribution in [2.75, 3.05) is 32.8 Å². The summed E-state index contributed by atoms with van der Waals surface area (Å²) >= 11 is 1.67. The van der Waals surface area contributed by atoms with Crippen molar-refractivity contribution in [2.24, 2.45) is 11.8 Å². The molecule has 2 unspecified atom stereocenters. The predicted octanol–water partition coefficient (Wildman–Crippen LogP) is 3.49. The first-order chi connectivity index (χ1) is 18.3. The van der Waals surface area contributed by atoms with E-state index >= 15 is 0 Å². The number of nitrogens with zero attached hydrogens (tertiary/aromatic N) is 3. The number of rotatable bonds is 13. The molecule has 7 nitrogen and oxygen atoms in total. The fraction of sp³-hybridized carbons (Fsp3) is 0.567. The van der Waals surface area contributed by atoms with Crippen LogP contribution in [0.2, 0.25) is 0 Å². The summed E-state index contributed by atoms with van der Waals surface area (Å²) in [7, 11) is 0. The first-order valence-corrected chi connectivity index (χ1v) is 14.5. The Balaban J connectivity index is 1.71. The number of amides is 3. The Morgan fingerprint density at radius 3 is 2.45 bits per heavy atom. The van der Waals surface area contributed by atoms with Crippen molar-refractivity contribution >= 4 is 29.5 Å². The summed E-state index contributed by atoms with van der Waals surface area (Å²) in [6.45, 7) is 13.5. The maximum absolute atomic E-state index is 14.3. The molecular formula is C30H41N3O4S. The van der Waals surface area contributed by atoms with Crippen LogP contribution in [0.1, 0.15) is 45.1 Å². The Bertz CT molecular complexity index is 1060. The SMILES string of the molecule is C=CCN(CCCC)C(=O)C1N(CCO)C(=O)[C@@H]2[C@@H](C(=O)N(CC=C)Cc3ccccc3)[C@@]3(C)CCC12S3. The fourth-order valence-corrected chi connectivity index (χ4v) is 9.13. The van der Waals surface area contributed by atoms with E-state index in [1.54, 1.807) is 38.6 Å². The monoisotopic (exact) mass is 539 g/mol. The number of unbranched alkanes of at least 4 members (excludes halogenated alkanes) is 1. The van der Waals surface area contributed by atoms with E-state index in [9.17, 15) is 19.5 Å². The van der Waals surface area contributed by atoms with Gasteiger partial charge in [0.25, 0.3) is 0 Å². The molecule has 1 aromatic carbocycles. The largest absolute Gasteiger partial charge is 0.395 e. The van der Waals surface area contributed by atoms with Gasteiger partial charge in [-0.05, 0) is 31.7 Å². The van der Waals surface area contributed by atoms with E-state index in [0.29, 0.717) is 32.6 Å². The summed E-state index contributed by atoms with van der Waals surface area (Å²) in [6.07, 6.45) is 6.71. The molecule has 8 heteroatoms. The number of β-amino-alcohol motifs (C(OH)–C–C–N with tert-alkyl or cyclic N) is 1. The summed E-state index contributed by atoms with van der Waals surface area (Å²) in [6, 6.07) is 9.13. The molecule has 0 saturated carbocycles. The standard InChI is InChI=1S/C30H41N3O4S/c1-5-8-18-31(16-6-2)28(37)25-30-15-14-29(4,38-30)23(24(30)27(36)33(25)19-20-34)26(35)32(17-7-3)21-22-12-10-9-11-13-22/h6-7,9-13,23-25,34H,2-3,5,8,14-21H2,1,4H3/t23-,24-,25?,29+,30?/m0/s1. The second-order valence-electron chi connectivity index (χ2n) is 10.9. The van der Waals surface area contributed by atoms with Crippen LogP contribution in [0.4, 0.5) is 0 Å². The van der Waals surface area contributed by atoms with Gasteiger partial charge in [-0.15, -0.1) is 24.9 Å². The van der Waals surface area contributed by atoms with Crippen molar-refractivity contribution in [1.82, 2.24) is 14.7 Å². The molecule has 2 bridgehead atoms. The van der Waals surface area contributed by atoms with Gasteiger partial charge < -0.3 is 19.8 Å². The van der Waals surface area contributed by atoms with Gasteiger partial charge in [0.05, 0.1) is 23.2 Å². The maximum Gasteiger partial charge on any atom is 0.247 e. The van der Waals surface area contributed by atoms with Crippen LogP contribution in [0, 0.1) is 11.8 Å². The molecule has 5 atom stereocenters. The van der Waals surface area contributed by atoms with Crippen molar-refractivity contribution in [3.63, 3.8) is 0 Å². The number of carbonyl (C=O) groups is 3. The molecule has 0 aromatic heterocycles. The van der Waals surface area contributed by atoms with Crippen LogP contribution in [0.25, 0.3) is 0 Å². The van der Waals surface area contributed by atoms with Crippen molar-refractivity contribution in [3.05, 3.63) is 61.2 Å². The third-order valence-electron chi connectivity index (χ3n) is 8.44. The Labute approximate surface area is 230 Å². The van der Waals surface area contributed by atoms with E-state index in [1.807, 2.05) is 30.3 Å². The maximum atomic E-state index is 14.3. The lowest BCUT2D eigenvalue weighted by Crippen LogP contribution is -2.55. The zero-order chi connectivity index (χ0) is 27.5. The molecule has 1 spiro atoms. The van der Waals surface area contributed by atoms with Gasteiger partial charge in [-0.1, -0.05) is 55.8 Å². The van der Waals surface area contributed by atoms with E-state index in [0.717, 1.165) is 24.8 Å². The smallest absolute Gasteiger partial charge is 0.247 e. The van der Waals surface area contributed by atoms with E-state index in [2.05, 4.69) is 27.0 Å². The van der Waals surface area contributed by atoms with Gasteiger partial charge in [-0.3, -0.25) is 14.4 Å². The van der Waals surface area contributed by atoms with Gasteiger partial charge in [0.1, 0.15) is 6.04 Å². The molecule has 3 aliphatic heterocycles. The molecule has 206 valence electrons. The lowest BCUT2D eigenvalue weighted by atomic mass is 9.66. The van der Waals surface area contributed by atoms with E-state index in [4.69, 9.17) is 0 Å². The normalized spacial score (nSPS) is 29.3. The molecule has 1 N–H and O–H groups in total. The van der Waals surface area contributed by atoms with Crippen LogP contribution in [0.5, 0.6) is 0 Å². The summed E-state index contributed by atoms with van der Waals surface area (Å²) in [4.78, 5) is 47.7. The van der Waals surface area contributed by atoms with Crippen LogP contribution in [-0.2, 0) is 20.9 Å². The minimum atomic E-state index is -0.699. The van der Waals surface area contributed by atoms with Gasteiger partial charge in [-0.2, -0.15) is 0 Å². The highest BCUT2D eigenvalue weighted by Gasteiger charge is 2.77. The highest BCUT2D eigenvalue weighted by atomic mass is 32.2. The summed E-state index contributed by atoms with van der Waals surface area (Å²) in [5.41, 5.74) is 1.02. The van der Waals surface area contributed by atoms with E-state index in [1.165, 1.54) is 0 Å². The average Bonchev–Trinajstić information content (AvgIpc) is 3.47. The fourth-order valence-electron chi connectivity index (χ4n) is 6.79. The molecule has 0 aliphatic carbocycles. The highest BCUT2D eigenvalue weighted by Crippen LogP contribution is 2.71. The Hall–Kier alpha value is -2.58. The highest BCUT2D eigenvalue weighted by molar-refractivity contribution is 8.02. The molecule has 3 heterocycles. The number of aliphatic hydroxyl groups is 1. The Morgan fingerprint density at radius 1 is 1.13 bits per heavy atom. The summed E-state index contributed by atoms with van der Waals surface area (Å²) in [5, 5.41) is 9.88. The number of hydrogen-bond donors (Lipinski definition) is 1. The Morgan fingerprint density at radius 2 is 1.82 bits per heavy atom. The van der Waals surface area contributed by atoms with Gasteiger partial charge in [0.15, 0.2) is 0 Å². The zero-order valence-corrected chi connectivity index (χ0v) is 23.5. The van der Waals surface area contributed by atoms with Crippen LogP contribution >= 0.6 is 11.8 Å².